The summed E-state index contributed by atoms with van der Waals surface area (Å²) in [5, 5.41) is 4.11. The molecule has 0 aromatic heterocycles. The first-order valence-electron chi connectivity index (χ1n) is 7.80. The summed E-state index contributed by atoms with van der Waals surface area (Å²) in [4.78, 5) is 28.3. The number of rotatable bonds is 7. The fourth-order valence-electron chi connectivity index (χ4n) is 2.55. The molecule has 0 heterocycles. The van der Waals surface area contributed by atoms with Crippen LogP contribution in [0.1, 0.15) is 45.4 Å². The molecule has 0 aromatic rings. The maximum atomic E-state index is 12.0. The average Bonchev–Trinajstić information content (AvgIpc) is 2.52. The minimum absolute atomic E-state index is 0.0442. The highest BCUT2D eigenvalue weighted by molar-refractivity contribution is 5.77. The lowest BCUT2D eigenvalue weighted by Crippen LogP contribution is -2.36. The lowest BCUT2D eigenvalue weighted by molar-refractivity contribution is -0.174. The van der Waals surface area contributed by atoms with Crippen molar-refractivity contribution in [3.63, 3.8) is 0 Å². The Hall–Kier alpha value is -1.30. The molecule has 1 saturated carbocycles. The van der Waals surface area contributed by atoms with E-state index in [2.05, 4.69) is 12.2 Å². The smallest absolute Gasteiger partial charge is 0.407 e. The predicted octanol–water partition coefficient (Wildman–Crippen LogP) is 2.34. The Bertz CT molecular complexity index is 328. The van der Waals surface area contributed by atoms with Crippen molar-refractivity contribution in [2.45, 2.75) is 45.4 Å². The topological polar surface area (TPSA) is 67.9 Å². The molecule has 1 aliphatic rings. The average molecular weight is 300 g/mol. The summed E-state index contributed by atoms with van der Waals surface area (Å²) in [5.74, 6) is 0.520. The van der Waals surface area contributed by atoms with Gasteiger partial charge >= 0.3 is 6.09 Å². The van der Waals surface area contributed by atoms with Gasteiger partial charge in [0.25, 0.3) is 0 Å². The molecule has 0 atom stereocenters. The second kappa shape index (κ2) is 9.60. The van der Waals surface area contributed by atoms with Crippen molar-refractivity contribution in [2.24, 2.45) is 11.8 Å². The number of ether oxygens (including phenoxy) is 1. The largest absolute Gasteiger partial charge is 0.450 e. The minimum Gasteiger partial charge on any atom is -0.450 e. The van der Waals surface area contributed by atoms with Crippen LogP contribution in [0.25, 0.3) is 0 Å². The number of nitrogens with zero attached hydrogens (tertiary/aromatic N) is 1. The Morgan fingerprint density at radius 3 is 2.48 bits per heavy atom. The van der Waals surface area contributed by atoms with Crippen LogP contribution in [0.2, 0.25) is 0 Å². The fourth-order valence-corrected chi connectivity index (χ4v) is 2.55. The molecular formula is C15H28N2O4. The van der Waals surface area contributed by atoms with Gasteiger partial charge in [0.05, 0.1) is 13.7 Å². The second-order valence-corrected chi connectivity index (χ2v) is 5.61. The van der Waals surface area contributed by atoms with Gasteiger partial charge in [-0.3, -0.25) is 9.63 Å². The summed E-state index contributed by atoms with van der Waals surface area (Å²) in [7, 11) is 3.14. The van der Waals surface area contributed by atoms with E-state index in [4.69, 9.17) is 9.57 Å². The molecule has 0 radical (unpaired) electrons. The SMILES string of the molecule is CCCCOC(=O)NCC1CCC(C(=O)N(C)OC)CC1. The van der Waals surface area contributed by atoms with Crippen LogP contribution in [0.15, 0.2) is 0 Å². The van der Waals surface area contributed by atoms with Crippen LogP contribution in [-0.4, -0.2) is 44.4 Å². The van der Waals surface area contributed by atoms with Crippen molar-refractivity contribution in [3.8, 4) is 0 Å². The van der Waals surface area contributed by atoms with Gasteiger partial charge in [0.1, 0.15) is 0 Å². The van der Waals surface area contributed by atoms with E-state index < -0.39 is 0 Å². The standard InChI is InChI=1S/C15H28N2O4/c1-4-5-10-21-15(19)16-11-12-6-8-13(9-7-12)14(18)17(2)20-3/h12-13H,4-11H2,1-3H3,(H,16,19). The highest BCUT2D eigenvalue weighted by atomic mass is 16.7. The number of hydroxylamine groups is 2. The second-order valence-electron chi connectivity index (χ2n) is 5.61. The van der Waals surface area contributed by atoms with E-state index in [-0.39, 0.29) is 17.9 Å². The molecule has 0 unspecified atom stereocenters. The van der Waals surface area contributed by atoms with Gasteiger partial charge < -0.3 is 10.1 Å². The maximum Gasteiger partial charge on any atom is 0.407 e. The van der Waals surface area contributed by atoms with Gasteiger partial charge in [-0.1, -0.05) is 13.3 Å². The Balaban J connectivity index is 2.18. The van der Waals surface area contributed by atoms with Gasteiger partial charge in [0.15, 0.2) is 0 Å². The van der Waals surface area contributed by atoms with Gasteiger partial charge in [-0.2, -0.15) is 0 Å². The number of alkyl carbamates (subject to hydrolysis) is 1. The summed E-state index contributed by atoms with van der Waals surface area (Å²) < 4.78 is 5.05. The van der Waals surface area contributed by atoms with E-state index in [0.717, 1.165) is 38.5 Å². The number of hydrogen-bond donors (Lipinski definition) is 1. The molecule has 0 aliphatic heterocycles. The summed E-state index contributed by atoms with van der Waals surface area (Å²) in [6, 6.07) is 0. The van der Waals surface area contributed by atoms with Crippen LogP contribution in [0, 0.1) is 11.8 Å². The zero-order valence-electron chi connectivity index (χ0n) is 13.4. The van der Waals surface area contributed by atoms with Gasteiger partial charge in [0.2, 0.25) is 5.91 Å². The van der Waals surface area contributed by atoms with Crippen LogP contribution in [0.5, 0.6) is 0 Å². The van der Waals surface area contributed by atoms with E-state index in [0.29, 0.717) is 19.1 Å². The first-order chi connectivity index (χ1) is 10.1. The lowest BCUT2D eigenvalue weighted by atomic mass is 9.81. The third-order valence-electron chi connectivity index (χ3n) is 4.05. The minimum atomic E-state index is -0.333. The molecule has 2 amide bonds. The quantitative estimate of drug-likeness (QED) is 0.579. The van der Waals surface area contributed by atoms with E-state index in [1.807, 2.05) is 0 Å². The fraction of sp³-hybridized carbons (Fsp3) is 0.867. The Morgan fingerprint density at radius 2 is 1.90 bits per heavy atom. The first kappa shape index (κ1) is 17.8. The van der Waals surface area contributed by atoms with E-state index in [9.17, 15) is 9.59 Å². The van der Waals surface area contributed by atoms with Crippen molar-refractivity contribution in [2.75, 3.05) is 27.3 Å². The van der Waals surface area contributed by atoms with Crippen LogP contribution >= 0.6 is 0 Å². The number of nitrogens with one attached hydrogen (secondary N) is 1. The van der Waals surface area contributed by atoms with Crippen LogP contribution in [-0.2, 0) is 14.4 Å². The van der Waals surface area contributed by atoms with Gasteiger partial charge in [0, 0.05) is 19.5 Å². The molecule has 0 saturated heterocycles. The summed E-state index contributed by atoms with van der Waals surface area (Å²) in [6.07, 6.45) is 5.18. The first-order valence-corrected chi connectivity index (χ1v) is 7.80. The molecule has 122 valence electrons. The van der Waals surface area contributed by atoms with Crippen molar-refractivity contribution in [3.05, 3.63) is 0 Å². The molecule has 1 aliphatic carbocycles. The maximum absolute atomic E-state index is 12.0. The van der Waals surface area contributed by atoms with Gasteiger partial charge in [-0.25, -0.2) is 9.86 Å². The molecule has 6 nitrogen and oxygen atoms in total. The van der Waals surface area contributed by atoms with Crippen LogP contribution < -0.4 is 5.32 Å². The summed E-state index contributed by atoms with van der Waals surface area (Å²) in [5.41, 5.74) is 0. The monoisotopic (exact) mass is 300 g/mol. The van der Waals surface area contributed by atoms with Crippen LogP contribution in [0.3, 0.4) is 0 Å². The Kier molecular flexibility index (Phi) is 8.12. The van der Waals surface area contributed by atoms with Crippen molar-refractivity contribution >= 4 is 12.0 Å². The van der Waals surface area contributed by atoms with Crippen molar-refractivity contribution in [1.82, 2.24) is 10.4 Å². The van der Waals surface area contributed by atoms with Gasteiger partial charge in [-0.15, -0.1) is 0 Å². The highest BCUT2D eigenvalue weighted by Crippen LogP contribution is 2.29. The van der Waals surface area contributed by atoms with Crippen molar-refractivity contribution in [1.29, 1.82) is 0 Å². The zero-order valence-corrected chi connectivity index (χ0v) is 13.4. The predicted molar refractivity (Wildman–Crippen MR) is 79.5 cm³/mol. The summed E-state index contributed by atoms with van der Waals surface area (Å²) >= 11 is 0. The van der Waals surface area contributed by atoms with Gasteiger partial charge in [-0.05, 0) is 38.0 Å². The van der Waals surface area contributed by atoms with E-state index >= 15 is 0 Å². The molecule has 6 heteroatoms. The molecule has 1 fully saturated rings. The summed E-state index contributed by atoms with van der Waals surface area (Å²) in [6.45, 7) is 3.17. The number of hydrogen-bond acceptors (Lipinski definition) is 4. The third kappa shape index (κ3) is 6.33. The normalized spacial score (nSPS) is 21.7. The number of amides is 2. The van der Waals surface area contributed by atoms with E-state index in [1.54, 1.807) is 7.05 Å². The van der Waals surface area contributed by atoms with E-state index in [1.165, 1.54) is 12.2 Å². The zero-order chi connectivity index (χ0) is 15.7. The van der Waals surface area contributed by atoms with Crippen LogP contribution in [0.4, 0.5) is 4.79 Å². The molecule has 1 N–H and O–H groups in total. The lowest BCUT2D eigenvalue weighted by Gasteiger charge is -2.29. The molecule has 21 heavy (non-hydrogen) atoms. The Labute approximate surface area is 127 Å². The van der Waals surface area contributed by atoms with Crippen molar-refractivity contribution < 1.29 is 19.2 Å². The number of unbranched alkanes of at least 4 members (excludes halogenated alkanes) is 1. The third-order valence-corrected chi connectivity index (χ3v) is 4.05. The molecule has 0 bridgehead atoms. The molecule has 0 aromatic carbocycles. The molecular weight excluding hydrogens is 272 g/mol. The number of carbonyl (C=O) groups excluding carboxylic acids is 2. The highest BCUT2D eigenvalue weighted by Gasteiger charge is 2.28. The Morgan fingerprint density at radius 1 is 1.24 bits per heavy atom. The molecule has 0 spiro atoms. The molecule has 1 rings (SSSR count). The number of carbonyl (C=O) groups is 2.